The second-order valence-electron chi connectivity index (χ2n) is 6.96. The number of nitrogens with zero attached hydrogens (tertiary/aromatic N) is 1. The number of aliphatic carboxylic acids is 1. The number of benzene rings is 1. The Balaban J connectivity index is 1.97. The van der Waals surface area contributed by atoms with Gasteiger partial charge in [-0.2, -0.15) is 0 Å². The summed E-state index contributed by atoms with van der Waals surface area (Å²) < 4.78 is 0. The number of carboxylic acid groups (broad SMARTS) is 1. The Morgan fingerprint density at radius 3 is 2.58 bits per heavy atom. The van der Waals surface area contributed by atoms with E-state index in [1.165, 1.54) is 6.92 Å². The highest BCUT2D eigenvalue weighted by Crippen LogP contribution is 2.20. The molecule has 1 aliphatic heterocycles. The first-order chi connectivity index (χ1) is 12.4. The molecule has 0 spiro atoms. The summed E-state index contributed by atoms with van der Waals surface area (Å²) in [6.45, 7) is 4.27. The van der Waals surface area contributed by atoms with Gasteiger partial charge in [0, 0.05) is 18.8 Å². The number of carbonyl (C=O) groups is 3. The molecule has 142 valence electrons. The minimum Gasteiger partial charge on any atom is -0.480 e. The van der Waals surface area contributed by atoms with Crippen LogP contribution in [-0.4, -0.2) is 46.5 Å². The SMILES string of the molecule is CCCC(C)(NC(=O)C1CCCN(C(=O)Nc2ccccc2)C1)C(=O)O. The summed E-state index contributed by atoms with van der Waals surface area (Å²) in [7, 11) is 0. The van der Waals surface area contributed by atoms with E-state index in [4.69, 9.17) is 0 Å². The Hall–Kier alpha value is -2.57. The molecule has 1 aliphatic rings. The number of carboxylic acids is 1. The van der Waals surface area contributed by atoms with E-state index in [0.717, 1.165) is 0 Å². The fourth-order valence-corrected chi connectivity index (χ4v) is 3.20. The van der Waals surface area contributed by atoms with Crippen LogP contribution in [-0.2, 0) is 9.59 Å². The smallest absolute Gasteiger partial charge is 0.329 e. The number of piperidine rings is 1. The summed E-state index contributed by atoms with van der Waals surface area (Å²) in [4.78, 5) is 38.1. The van der Waals surface area contributed by atoms with E-state index in [-0.39, 0.29) is 18.5 Å². The lowest BCUT2D eigenvalue weighted by molar-refractivity contribution is -0.148. The fourth-order valence-electron chi connectivity index (χ4n) is 3.20. The van der Waals surface area contributed by atoms with Crippen molar-refractivity contribution in [2.45, 2.75) is 45.1 Å². The van der Waals surface area contributed by atoms with Crippen LogP contribution in [0.4, 0.5) is 10.5 Å². The van der Waals surface area contributed by atoms with Crippen molar-refractivity contribution in [2.24, 2.45) is 5.92 Å². The highest BCUT2D eigenvalue weighted by Gasteiger charge is 2.37. The van der Waals surface area contributed by atoms with Crippen molar-refractivity contribution in [2.75, 3.05) is 18.4 Å². The maximum Gasteiger partial charge on any atom is 0.329 e. The maximum absolute atomic E-state index is 12.6. The normalized spacial score (nSPS) is 19.3. The average molecular weight is 361 g/mol. The van der Waals surface area contributed by atoms with Gasteiger partial charge in [-0.1, -0.05) is 31.5 Å². The molecule has 1 aromatic rings. The average Bonchev–Trinajstić information content (AvgIpc) is 2.62. The van der Waals surface area contributed by atoms with Crippen LogP contribution in [0.2, 0.25) is 0 Å². The highest BCUT2D eigenvalue weighted by atomic mass is 16.4. The molecule has 0 radical (unpaired) electrons. The van der Waals surface area contributed by atoms with E-state index in [2.05, 4.69) is 10.6 Å². The number of carbonyl (C=O) groups excluding carboxylic acids is 2. The second kappa shape index (κ2) is 8.69. The minimum absolute atomic E-state index is 0.247. The zero-order chi connectivity index (χ0) is 19.2. The summed E-state index contributed by atoms with van der Waals surface area (Å²) in [5.41, 5.74) is -0.578. The number of anilines is 1. The Bertz CT molecular complexity index is 649. The minimum atomic E-state index is -1.28. The van der Waals surface area contributed by atoms with Crippen LogP contribution in [0.15, 0.2) is 30.3 Å². The van der Waals surface area contributed by atoms with Crippen LogP contribution in [0, 0.1) is 5.92 Å². The molecular formula is C19H27N3O4. The van der Waals surface area contributed by atoms with Crippen molar-refractivity contribution in [3.05, 3.63) is 30.3 Å². The molecule has 3 amide bonds. The Labute approximate surface area is 153 Å². The number of hydrogen-bond donors (Lipinski definition) is 3. The largest absolute Gasteiger partial charge is 0.480 e. The van der Waals surface area contributed by atoms with Gasteiger partial charge in [-0.25, -0.2) is 9.59 Å². The van der Waals surface area contributed by atoms with Crippen LogP contribution in [0.5, 0.6) is 0 Å². The van der Waals surface area contributed by atoms with Crippen molar-refractivity contribution in [3.63, 3.8) is 0 Å². The van der Waals surface area contributed by atoms with Crippen LogP contribution >= 0.6 is 0 Å². The van der Waals surface area contributed by atoms with Crippen molar-refractivity contribution in [1.29, 1.82) is 0 Å². The van der Waals surface area contributed by atoms with Gasteiger partial charge in [0.2, 0.25) is 5.91 Å². The van der Waals surface area contributed by atoms with Gasteiger partial charge in [-0.15, -0.1) is 0 Å². The predicted molar refractivity (Wildman–Crippen MR) is 98.8 cm³/mol. The molecule has 3 N–H and O–H groups in total. The van der Waals surface area contributed by atoms with E-state index >= 15 is 0 Å². The van der Waals surface area contributed by atoms with Crippen molar-refractivity contribution < 1.29 is 19.5 Å². The van der Waals surface area contributed by atoms with E-state index < -0.39 is 17.4 Å². The number of urea groups is 1. The third kappa shape index (κ3) is 4.97. The molecule has 0 aromatic heterocycles. The molecule has 0 aliphatic carbocycles. The molecule has 26 heavy (non-hydrogen) atoms. The first-order valence-corrected chi connectivity index (χ1v) is 9.02. The molecule has 0 bridgehead atoms. The van der Waals surface area contributed by atoms with Gasteiger partial charge in [0.15, 0.2) is 0 Å². The molecule has 7 heteroatoms. The molecule has 0 saturated carbocycles. The van der Waals surface area contributed by atoms with Gasteiger partial charge < -0.3 is 20.6 Å². The quantitative estimate of drug-likeness (QED) is 0.725. The molecule has 2 atom stereocenters. The zero-order valence-corrected chi connectivity index (χ0v) is 15.3. The Kier molecular flexibility index (Phi) is 6.60. The van der Waals surface area contributed by atoms with Crippen molar-refractivity contribution in [3.8, 4) is 0 Å². The molecule has 2 rings (SSSR count). The summed E-state index contributed by atoms with van der Waals surface area (Å²) in [5, 5.41) is 14.9. The van der Waals surface area contributed by atoms with E-state index in [1.54, 1.807) is 17.0 Å². The number of hydrogen-bond acceptors (Lipinski definition) is 3. The van der Waals surface area contributed by atoms with E-state index in [0.29, 0.717) is 37.9 Å². The molecule has 1 fully saturated rings. The number of rotatable bonds is 6. The summed E-state index contributed by atoms with van der Waals surface area (Å²) in [6, 6.07) is 8.89. The number of amides is 3. The predicted octanol–water partition coefficient (Wildman–Crippen LogP) is 2.69. The van der Waals surface area contributed by atoms with Gasteiger partial charge in [0.05, 0.1) is 5.92 Å². The summed E-state index contributed by atoms with van der Waals surface area (Å²) in [5.74, 6) is -1.75. The molecule has 1 saturated heterocycles. The van der Waals surface area contributed by atoms with E-state index in [1.807, 2.05) is 25.1 Å². The highest BCUT2D eigenvalue weighted by molar-refractivity contribution is 5.91. The number of para-hydroxylation sites is 1. The molecule has 2 unspecified atom stereocenters. The Morgan fingerprint density at radius 1 is 1.27 bits per heavy atom. The topological polar surface area (TPSA) is 98.7 Å². The van der Waals surface area contributed by atoms with E-state index in [9.17, 15) is 19.5 Å². The standard InChI is InChI=1S/C19H27N3O4/c1-3-11-19(2,17(24)25)21-16(23)14-8-7-12-22(13-14)18(26)20-15-9-5-4-6-10-15/h4-6,9-10,14H,3,7-8,11-13H2,1-2H3,(H,20,26)(H,21,23)(H,24,25). The summed E-state index contributed by atoms with van der Waals surface area (Å²) >= 11 is 0. The second-order valence-corrected chi connectivity index (χ2v) is 6.96. The molecular weight excluding hydrogens is 334 g/mol. The lowest BCUT2D eigenvalue weighted by Crippen LogP contribution is -2.56. The van der Waals surface area contributed by atoms with Crippen LogP contribution in [0.25, 0.3) is 0 Å². The van der Waals surface area contributed by atoms with Gasteiger partial charge in [-0.3, -0.25) is 4.79 Å². The van der Waals surface area contributed by atoms with Crippen LogP contribution < -0.4 is 10.6 Å². The molecule has 1 heterocycles. The van der Waals surface area contributed by atoms with Crippen molar-refractivity contribution in [1.82, 2.24) is 10.2 Å². The third-order valence-electron chi connectivity index (χ3n) is 4.73. The number of likely N-dealkylation sites (tertiary alicyclic amines) is 1. The van der Waals surface area contributed by atoms with Gasteiger partial charge in [0.25, 0.3) is 0 Å². The first-order valence-electron chi connectivity index (χ1n) is 9.02. The number of nitrogens with one attached hydrogen (secondary N) is 2. The third-order valence-corrected chi connectivity index (χ3v) is 4.73. The lowest BCUT2D eigenvalue weighted by Gasteiger charge is -2.34. The summed E-state index contributed by atoms with van der Waals surface area (Å²) in [6.07, 6.45) is 2.36. The molecule has 1 aromatic carbocycles. The van der Waals surface area contributed by atoms with Gasteiger partial charge >= 0.3 is 12.0 Å². The lowest BCUT2D eigenvalue weighted by atomic mass is 9.92. The Morgan fingerprint density at radius 2 is 1.96 bits per heavy atom. The molecule has 7 nitrogen and oxygen atoms in total. The maximum atomic E-state index is 12.6. The van der Waals surface area contributed by atoms with Crippen LogP contribution in [0.3, 0.4) is 0 Å². The fraction of sp³-hybridized carbons (Fsp3) is 0.526. The monoisotopic (exact) mass is 361 g/mol. The van der Waals surface area contributed by atoms with Crippen LogP contribution in [0.1, 0.15) is 39.5 Å². The van der Waals surface area contributed by atoms with Gasteiger partial charge in [-0.05, 0) is 38.3 Å². The zero-order valence-electron chi connectivity index (χ0n) is 15.3. The van der Waals surface area contributed by atoms with Gasteiger partial charge in [0.1, 0.15) is 5.54 Å². The van der Waals surface area contributed by atoms with Crippen molar-refractivity contribution >= 4 is 23.6 Å². The first kappa shape index (κ1) is 19.8.